The van der Waals surface area contributed by atoms with Crippen molar-refractivity contribution in [3.8, 4) is 17.2 Å². The molecule has 4 nitrogen and oxygen atoms in total. The number of nitrogens with zero attached hydrogens (tertiary/aromatic N) is 3. The molecule has 0 saturated carbocycles. The van der Waals surface area contributed by atoms with Crippen molar-refractivity contribution < 1.29 is 4.42 Å². The lowest BCUT2D eigenvalue weighted by molar-refractivity contribution is 0.669. The zero-order valence-electron chi connectivity index (χ0n) is 24.2. The molecule has 46 heavy (non-hydrogen) atoms. The van der Waals surface area contributed by atoms with Crippen molar-refractivity contribution in [3.05, 3.63) is 127 Å². The fraction of sp³-hybridized carbons (Fsp3) is 0. The van der Waals surface area contributed by atoms with Crippen molar-refractivity contribution in [2.45, 2.75) is 0 Å². The summed E-state index contributed by atoms with van der Waals surface area (Å²) in [6, 6.07) is 45.2. The number of fused-ring (bicyclic) bond motifs is 12. The van der Waals surface area contributed by atoms with Gasteiger partial charge >= 0.3 is 0 Å². The Kier molecular flexibility index (Phi) is 4.84. The van der Waals surface area contributed by atoms with E-state index in [2.05, 4.69) is 120 Å². The highest BCUT2D eigenvalue weighted by atomic mass is 32.1. The third kappa shape index (κ3) is 3.32. The second kappa shape index (κ2) is 9.01. The molecule has 0 fully saturated rings. The molecule has 5 heterocycles. The van der Waals surface area contributed by atoms with Gasteiger partial charge in [-0.1, -0.05) is 72.8 Å². The minimum absolute atomic E-state index is 0.677. The van der Waals surface area contributed by atoms with Gasteiger partial charge in [0, 0.05) is 62.8 Å². The monoisotopic (exact) mass is 623 g/mol. The average molecular weight is 624 g/mol. The van der Waals surface area contributed by atoms with Crippen LogP contribution >= 0.6 is 22.7 Å². The SMILES string of the molecule is c1ccc2c(c1)oc1ccc(-c3nc(-n4c5ccccc5c5cc6sc7ccccc7c6cc54)nc4sc5ccccc5c34)cc12. The van der Waals surface area contributed by atoms with Gasteiger partial charge < -0.3 is 4.42 Å². The fourth-order valence-electron chi connectivity index (χ4n) is 7.20. The van der Waals surface area contributed by atoms with Gasteiger partial charge in [0.25, 0.3) is 0 Å². The summed E-state index contributed by atoms with van der Waals surface area (Å²) < 4.78 is 12.2. The molecular formula is C40H21N3OS2. The number of thiophene rings is 2. The van der Waals surface area contributed by atoms with Crippen LogP contribution in [0.25, 0.3) is 101 Å². The minimum Gasteiger partial charge on any atom is -0.456 e. The van der Waals surface area contributed by atoms with E-state index >= 15 is 0 Å². The first-order valence-corrected chi connectivity index (χ1v) is 16.9. The first-order chi connectivity index (χ1) is 22.8. The molecule has 6 heteroatoms. The Hall–Kier alpha value is -5.56. The summed E-state index contributed by atoms with van der Waals surface area (Å²) in [5.41, 5.74) is 5.95. The van der Waals surface area contributed by atoms with E-state index in [4.69, 9.17) is 14.4 Å². The van der Waals surface area contributed by atoms with Gasteiger partial charge in [-0.05, 0) is 54.6 Å². The molecular weight excluding hydrogens is 603 g/mol. The molecule has 0 atom stereocenters. The maximum atomic E-state index is 6.19. The molecule has 0 aliphatic rings. The van der Waals surface area contributed by atoms with E-state index in [9.17, 15) is 0 Å². The summed E-state index contributed by atoms with van der Waals surface area (Å²) in [6.45, 7) is 0. The highest BCUT2D eigenvalue weighted by molar-refractivity contribution is 7.26. The van der Waals surface area contributed by atoms with Gasteiger partial charge in [-0.15, -0.1) is 22.7 Å². The maximum Gasteiger partial charge on any atom is 0.236 e. The summed E-state index contributed by atoms with van der Waals surface area (Å²) in [5, 5.41) is 9.41. The number of para-hydroxylation sites is 2. The molecule has 0 aliphatic heterocycles. The Bertz CT molecular complexity index is 3050. The molecule has 0 amide bonds. The summed E-state index contributed by atoms with van der Waals surface area (Å²) in [4.78, 5) is 11.8. The zero-order chi connectivity index (χ0) is 29.9. The van der Waals surface area contributed by atoms with Gasteiger partial charge in [0.05, 0.1) is 16.7 Å². The van der Waals surface area contributed by atoms with Crippen LogP contribution in [-0.2, 0) is 0 Å². The Labute approximate surface area is 269 Å². The number of benzene rings is 6. The van der Waals surface area contributed by atoms with E-state index in [0.29, 0.717) is 5.95 Å². The van der Waals surface area contributed by atoms with Crippen molar-refractivity contribution in [1.29, 1.82) is 0 Å². The lowest BCUT2D eigenvalue weighted by atomic mass is 10.0. The number of furan rings is 1. The van der Waals surface area contributed by atoms with Gasteiger partial charge in [0.15, 0.2) is 0 Å². The molecule has 0 saturated heterocycles. The predicted octanol–water partition coefficient (Wildman–Crippen LogP) is 11.9. The van der Waals surface area contributed by atoms with E-state index in [1.807, 2.05) is 23.5 Å². The molecule has 0 radical (unpaired) electrons. The van der Waals surface area contributed by atoms with E-state index in [-0.39, 0.29) is 0 Å². The molecule has 11 aromatic rings. The second-order valence-electron chi connectivity index (χ2n) is 11.8. The Morgan fingerprint density at radius 2 is 1.20 bits per heavy atom. The van der Waals surface area contributed by atoms with Gasteiger partial charge in [0.2, 0.25) is 5.95 Å². The van der Waals surface area contributed by atoms with Crippen LogP contribution < -0.4 is 0 Å². The van der Waals surface area contributed by atoms with Crippen molar-refractivity contribution in [2.75, 3.05) is 0 Å². The van der Waals surface area contributed by atoms with Crippen LogP contribution in [0.4, 0.5) is 0 Å². The molecule has 0 aliphatic carbocycles. The van der Waals surface area contributed by atoms with E-state index in [0.717, 1.165) is 54.4 Å². The second-order valence-corrected chi connectivity index (χ2v) is 13.9. The number of hydrogen-bond donors (Lipinski definition) is 0. The molecule has 5 aromatic heterocycles. The number of aromatic nitrogens is 3. The smallest absolute Gasteiger partial charge is 0.236 e. The van der Waals surface area contributed by atoms with Gasteiger partial charge in [-0.25, -0.2) is 9.97 Å². The van der Waals surface area contributed by atoms with Crippen LogP contribution in [0.1, 0.15) is 0 Å². The minimum atomic E-state index is 0.677. The largest absolute Gasteiger partial charge is 0.456 e. The van der Waals surface area contributed by atoms with Crippen LogP contribution in [0, 0.1) is 0 Å². The molecule has 0 bridgehead atoms. The predicted molar refractivity (Wildman–Crippen MR) is 195 cm³/mol. The van der Waals surface area contributed by atoms with Crippen LogP contribution in [-0.4, -0.2) is 14.5 Å². The van der Waals surface area contributed by atoms with Gasteiger partial charge in [-0.2, -0.15) is 0 Å². The summed E-state index contributed by atoms with van der Waals surface area (Å²) >= 11 is 3.57. The number of hydrogen-bond acceptors (Lipinski definition) is 5. The van der Waals surface area contributed by atoms with Crippen LogP contribution in [0.5, 0.6) is 0 Å². The molecule has 214 valence electrons. The molecule has 11 rings (SSSR count). The van der Waals surface area contributed by atoms with E-state index in [1.54, 1.807) is 11.3 Å². The summed E-state index contributed by atoms with van der Waals surface area (Å²) in [7, 11) is 0. The highest BCUT2D eigenvalue weighted by Gasteiger charge is 2.21. The lowest BCUT2D eigenvalue weighted by Gasteiger charge is -2.10. The molecule has 0 N–H and O–H groups in total. The molecule has 0 spiro atoms. The van der Waals surface area contributed by atoms with Crippen LogP contribution in [0.3, 0.4) is 0 Å². The Morgan fingerprint density at radius 3 is 2.09 bits per heavy atom. The van der Waals surface area contributed by atoms with E-state index < -0.39 is 0 Å². The van der Waals surface area contributed by atoms with E-state index in [1.165, 1.54) is 41.0 Å². The van der Waals surface area contributed by atoms with Gasteiger partial charge in [0.1, 0.15) is 16.0 Å². The van der Waals surface area contributed by atoms with Crippen molar-refractivity contribution in [1.82, 2.24) is 14.5 Å². The maximum absolute atomic E-state index is 6.19. The van der Waals surface area contributed by atoms with Crippen molar-refractivity contribution in [3.63, 3.8) is 0 Å². The Morgan fingerprint density at radius 1 is 0.478 bits per heavy atom. The third-order valence-corrected chi connectivity index (χ3v) is 11.4. The quantitative estimate of drug-likeness (QED) is 0.192. The summed E-state index contributed by atoms with van der Waals surface area (Å²) in [6.07, 6.45) is 0. The first kappa shape index (κ1) is 24.7. The highest BCUT2D eigenvalue weighted by Crippen LogP contribution is 2.43. The van der Waals surface area contributed by atoms with Crippen molar-refractivity contribution in [2.24, 2.45) is 0 Å². The average Bonchev–Trinajstić information content (AvgIpc) is 3.85. The fourth-order valence-corrected chi connectivity index (χ4v) is 9.39. The lowest BCUT2D eigenvalue weighted by Crippen LogP contribution is -2.02. The third-order valence-electron chi connectivity index (χ3n) is 9.25. The number of rotatable bonds is 2. The van der Waals surface area contributed by atoms with Gasteiger partial charge in [-0.3, -0.25) is 4.57 Å². The zero-order valence-corrected chi connectivity index (χ0v) is 25.8. The Balaban J connectivity index is 1.27. The first-order valence-electron chi connectivity index (χ1n) is 15.2. The summed E-state index contributed by atoms with van der Waals surface area (Å²) in [5.74, 6) is 0.677. The normalized spacial score (nSPS) is 12.3. The van der Waals surface area contributed by atoms with Crippen LogP contribution in [0.2, 0.25) is 0 Å². The topological polar surface area (TPSA) is 43.9 Å². The standard InChI is InChI=1S/C40H21N3OS2/c1-5-13-30-23(9-1)27-21-36-29(25-11-3-7-15-34(25)45-36)20-31(27)43(30)40-41-38(37-26-12-4-8-16-35(26)46-39(37)42-40)22-17-18-33-28(19-22)24-10-2-6-14-32(24)44-33/h1-21H. The molecule has 6 aromatic carbocycles. The van der Waals surface area contributed by atoms with Crippen molar-refractivity contribution >= 4 is 107 Å². The van der Waals surface area contributed by atoms with Crippen LogP contribution in [0.15, 0.2) is 132 Å². The molecule has 0 unspecified atom stereocenters.